The predicted octanol–water partition coefficient (Wildman–Crippen LogP) is 1.07. The van der Waals surface area contributed by atoms with Gasteiger partial charge in [-0.25, -0.2) is 13.2 Å². The second-order valence-electron chi connectivity index (χ2n) is 4.31. The summed E-state index contributed by atoms with van der Waals surface area (Å²) < 4.78 is 27.7. The van der Waals surface area contributed by atoms with Gasteiger partial charge in [-0.15, -0.1) is 23.1 Å². The minimum atomic E-state index is -2.93. The van der Waals surface area contributed by atoms with Gasteiger partial charge in [0.25, 0.3) is 0 Å². The van der Waals surface area contributed by atoms with Crippen LogP contribution in [0.1, 0.15) is 9.67 Å². The molecule has 1 aliphatic rings. The summed E-state index contributed by atoms with van der Waals surface area (Å²) in [6.45, 7) is 0.854. The first kappa shape index (κ1) is 15.5. The summed E-state index contributed by atoms with van der Waals surface area (Å²) in [6, 6.07) is 0. The Hall–Kier alpha value is -0.930. The highest BCUT2D eigenvalue weighted by Crippen LogP contribution is 2.44. The maximum Gasteiger partial charge on any atom is 0.350 e. The summed E-state index contributed by atoms with van der Waals surface area (Å²) in [4.78, 5) is 14.8. The number of carbonyl (C=O) groups is 1. The summed E-state index contributed by atoms with van der Waals surface area (Å²) in [6.07, 6.45) is 1.88. The number of thiophene rings is 1. The topological polar surface area (TPSA) is 89.7 Å². The van der Waals surface area contributed by atoms with Crippen molar-refractivity contribution in [2.75, 3.05) is 48.6 Å². The van der Waals surface area contributed by atoms with Gasteiger partial charge in [0.1, 0.15) is 9.88 Å². The lowest BCUT2D eigenvalue weighted by atomic mass is 10.4. The van der Waals surface area contributed by atoms with Crippen LogP contribution in [0.5, 0.6) is 0 Å². The standard InChI is InChI=1S/C11H16N2O4S3/c1-17-11(14)9-7(12)8(18-2)10(19-9)13-3-5-20(15,16)6-4-13/h3-6,12H2,1-2H3. The van der Waals surface area contributed by atoms with Crippen LogP contribution in [0.25, 0.3) is 0 Å². The normalized spacial score (nSPS) is 18.0. The average Bonchev–Trinajstić information content (AvgIpc) is 2.75. The van der Waals surface area contributed by atoms with Crippen molar-refractivity contribution in [2.24, 2.45) is 0 Å². The largest absolute Gasteiger partial charge is 0.465 e. The first-order valence-electron chi connectivity index (χ1n) is 5.89. The molecule has 1 aromatic heterocycles. The molecule has 1 fully saturated rings. The molecule has 112 valence electrons. The van der Waals surface area contributed by atoms with E-state index >= 15 is 0 Å². The lowest BCUT2D eigenvalue weighted by Gasteiger charge is -2.28. The Bertz CT molecular complexity index is 610. The Morgan fingerprint density at radius 1 is 1.40 bits per heavy atom. The Morgan fingerprint density at radius 3 is 2.50 bits per heavy atom. The molecule has 20 heavy (non-hydrogen) atoms. The van der Waals surface area contributed by atoms with Crippen molar-refractivity contribution in [3.05, 3.63) is 4.88 Å². The van der Waals surface area contributed by atoms with E-state index in [0.717, 1.165) is 9.90 Å². The fraction of sp³-hybridized carbons (Fsp3) is 0.545. The quantitative estimate of drug-likeness (QED) is 0.652. The molecule has 0 aromatic carbocycles. The van der Waals surface area contributed by atoms with E-state index in [0.29, 0.717) is 23.7 Å². The Kier molecular flexibility index (Phi) is 4.50. The minimum Gasteiger partial charge on any atom is -0.465 e. The first-order chi connectivity index (χ1) is 9.39. The molecule has 1 aliphatic heterocycles. The summed E-state index contributed by atoms with van der Waals surface area (Å²) in [5.74, 6) is -0.197. The van der Waals surface area contributed by atoms with Crippen molar-refractivity contribution in [1.82, 2.24) is 0 Å². The summed E-state index contributed by atoms with van der Waals surface area (Å²) >= 11 is 2.71. The highest BCUT2D eigenvalue weighted by Gasteiger charge is 2.28. The number of ether oxygens (including phenoxy) is 1. The van der Waals surface area contributed by atoms with Crippen molar-refractivity contribution in [3.8, 4) is 0 Å². The van der Waals surface area contributed by atoms with Crippen molar-refractivity contribution < 1.29 is 17.9 Å². The van der Waals surface area contributed by atoms with E-state index in [1.165, 1.54) is 30.2 Å². The van der Waals surface area contributed by atoms with Crippen LogP contribution in [0, 0.1) is 0 Å². The van der Waals surface area contributed by atoms with Crippen LogP contribution in [0.4, 0.5) is 10.7 Å². The molecule has 2 N–H and O–H groups in total. The van der Waals surface area contributed by atoms with E-state index in [-0.39, 0.29) is 11.5 Å². The fourth-order valence-corrected chi connectivity index (χ4v) is 5.33. The third-order valence-electron chi connectivity index (χ3n) is 3.09. The molecule has 6 nitrogen and oxygen atoms in total. The van der Waals surface area contributed by atoms with Crippen LogP contribution in [0.2, 0.25) is 0 Å². The number of hydrogen-bond acceptors (Lipinski definition) is 8. The van der Waals surface area contributed by atoms with Crippen LogP contribution in [0.15, 0.2) is 4.90 Å². The molecule has 0 saturated carbocycles. The maximum atomic E-state index is 11.7. The van der Waals surface area contributed by atoms with Crippen LogP contribution in [0.3, 0.4) is 0 Å². The van der Waals surface area contributed by atoms with E-state index in [9.17, 15) is 13.2 Å². The van der Waals surface area contributed by atoms with Gasteiger partial charge in [0.15, 0.2) is 9.84 Å². The van der Waals surface area contributed by atoms with E-state index in [1.54, 1.807) is 0 Å². The molecule has 1 aromatic rings. The van der Waals surface area contributed by atoms with Crippen molar-refractivity contribution in [1.29, 1.82) is 0 Å². The van der Waals surface area contributed by atoms with Crippen molar-refractivity contribution in [2.45, 2.75) is 4.90 Å². The number of thioether (sulfide) groups is 1. The molecular formula is C11H16N2O4S3. The number of anilines is 2. The zero-order valence-electron chi connectivity index (χ0n) is 11.2. The van der Waals surface area contributed by atoms with Crippen LogP contribution in [-0.4, -0.2) is 52.3 Å². The van der Waals surface area contributed by atoms with Gasteiger partial charge in [-0.05, 0) is 6.26 Å². The van der Waals surface area contributed by atoms with Gasteiger partial charge in [0.05, 0.1) is 29.2 Å². The molecule has 2 rings (SSSR count). The summed E-state index contributed by atoms with van der Waals surface area (Å²) in [5, 5.41) is 0.852. The number of carbonyl (C=O) groups excluding carboxylic acids is 1. The highest BCUT2D eigenvalue weighted by molar-refractivity contribution is 7.99. The Balaban J connectivity index is 2.35. The molecule has 1 saturated heterocycles. The number of rotatable bonds is 3. The molecule has 0 spiro atoms. The van der Waals surface area contributed by atoms with Crippen LogP contribution in [-0.2, 0) is 14.6 Å². The zero-order valence-corrected chi connectivity index (χ0v) is 13.7. The zero-order chi connectivity index (χ0) is 14.9. The number of methoxy groups -OCH3 is 1. The number of esters is 1. The van der Waals surface area contributed by atoms with E-state index in [2.05, 4.69) is 0 Å². The number of hydrogen-bond donors (Lipinski definition) is 1. The monoisotopic (exact) mass is 336 g/mol. The van der Waals surface area contributed by atoms with E-state index in [1.807, 2.05) is 11.2 Å². The number of nitrogen functional groups attached to an aromatic ring is 1. The van der Waals surface area contributed by atoms with Gasteiger partial charge < -0.3 is 15.4 Å². The van der Waals surface area contributed by atoms with Gasteiger partial charge in [-0.3, -0.25) is 0 Å². The minimum absolute atomic E-state index is 0.131. The number of sulfone groups is 1. The molecule has 9 heteroatoms. The van der Waals surface area contributed by atoms with Crippen molar-refractivity contribution >= 4 is 49.6 Å². The summed E-state index contributed by atoms with van der Waals surface area (Å²) in [7, 11) is -1.62. The summed E-state index contributed by atoms with van der Waals surface area (Å²) in [5.41, 5.74) is 6.41. The molecule has 0 radical (unpaired) electrons. The third kappa shape index (κ3) is 2.89. The Labute approximate surface area is 126 Å². The fourth-order valence-electron chi connectivity index (χ4n) is 1.98. The SMILES string of the molecule is COC(=O)c1sc(N2CCS(=O)(=O)CC2)c(SC)c1N. The molecule has 2 heterocycles. The van der Waals surface area contributed by atoms with Gasteiger partial charge in [-0.2, -0.15) is 0 Å². The van der Waals surface area contributed by atoms with Crippen molar-refractivity contribution in [3.63, 3.8) is 0 Å². The second-order valence-corrected chi connectivity index (χ2v) is 8.43. The smallest absolute Gasteiger partial charge is 0.350 e. The molecule has 0 bridgehead atoms. The predicted molar refractivity (Wildman–Crippen MR) is 82.7 cm³/mol. The van der Waals surface area contributed by atoms with Gasteiger partial charge in [0.2, 0.25) is 0 Å². The van der Waals surface area contributed by atoms with Gasteiger partial charge in [-0.1, -0.05) is 0 Å². The third-order valence-corrected chi connectivity index (χ3v) is 6.90. The highest BCUT2D eigenvalue weighted by atomic mass is 32.2. The molecule has 0 aliphatic carbocycles. The molecular weight excluding hydrogens is 320 g/mol. The van der Waals surface area contributed by atoms with Crippen LogP contribution < -0.4 is 10.6 Å². The van der Waals surface area contributed by atoms with E-state index in [4.69, 9.17) is 10.5 Å². The van der Waals surface area contributed by atoms with Gasteiger partial charge >= 0.3 is 5.97 Å². The maximum absolute atomic E-state index is 11.7. The lowest BCUT2D eigenvalue weighted by Crippen LogP contribution is -2.40. The molecule has 0 amide bonds. The van der Waals surface area contributed by atoms with Gasteiger partial charge in [0, 0.05) is 13.1 Å². The second kappa shape index (κ2) is 5.82. The number of nitrogens with zero attached hydrogens (tertiary/aromatic N) is 1. The molecule has 0 atom stereocenters. The van der Waals surface area contributed by atoms with Crippen LogP contribution >= 0.6 is 23.1 Å². The number of nitrogens with two attached hydrogens (primary N) is 1. The Morgan fingerprint density at radius 2 is 2.00 bits per heavy atom. The lowest BCUT2D eigenvalue weighted by molar-refractivity contribution is 0.0607. The molecule has 0 unspecified atom stereocenters. The average molecular weight is 336 g/mol. The first-order valence-corrected chi connectivity index (χ1v) is 9.76. The van der Waals surface area contributed by atoms with E-state index < -0.39 is 15.8 Å².